The van der Waals surface area contributed by atoms with Crippen molar-refractivity contribution in [2.75, 3.05) is 26.7 Å². The van der Waals surface area contributed by atoms with Gasteiger partial charge in [-0.2, -0.15) is 0 Å². The number of hydrogen-bond donors (Lipinski definition) is 1. The number of nitrogens with zero attached hydrogens (tertiary/aromatic N) is 2. The lowest BCUT2D eigenvalue weighted by Gasteiger charge is -2.25. The van der Waals surface area contributed by atoms with E-state index in [1.165, 1.54) is 17.2 Å². The number of likely N-dealkylation sites (N-methyl/N-ethyl adjacent to an activating group) is 2. The molecule has 22 heavy (non-hydrogen) atoms. The highest BCUT2D eigenvalue weighted by molar-refractivity contribution is 5.96. The quantitative estimate of drug-likeness (QED) is 0.804. The molecule has 1 aromatic heterocycles. The van der Waals surface area contributed by atoms with Gasteiger partial charge >= 0.3 is 0 Å². The highest BCUT2D eigenvalue weighted by atomic mass is 16.3. The third kappa shape index (κ3) is 4.61. The smallest absolute Gasteiger partial charge is 0.287 e. The third-order valence-electron chi connectivity index (χ3n) is 3.33. The summed E-state index contributed by atoms with van der Waals surface area (Å²) in [7, 11) is 1.54. The number of amides is 3. The lowest BCUT2D eigenvalue weighted by atomic mass is 10.2. The van der Waals surface area contributed by atoms with Crippen LogP contribution in [0, 0.1) is 0 Å². The first-order valence-corrected chi connectivity index (χ1v) is 7.27. The molecule has 1 aromatic rings. The van der Waals surface area contributed by atoms with Crippen LogP contribution >= 0.6 is 0 Å². The Hall–Kier alpha value is -2.31. The van der Waals surface area contributed by atoms with Crippen molar-refractivity contribution in [3.63, 3.8) is 0 Å². The van der Waals surface area contributed by atoms with Crippen LogP contribution in [0.4, 0.5) is 0 Å². The van der Waals surface area contributed by atoms with Crippen molar-refractivity contribution in [3.05, 3.63) is 24.2 Å². The summed E-state index contributed by atoms with van der Waals surface area (Å²) in [4.78, 5) is 39.0. The molecule has 0 bridgehead atoms. The first-order valence-electron chi connectivity index (χ1n) is 7.27. The molecule has 0 fully saturated rings. The molecule has 0 aliphatic heterocycles. The molecule has 3 amide bonds. The van der Waals surface area contributed by atoms with Crippen LogP contribution in [-0.2, 0) is 9.59 Å². The van der Waals surface area contributed by atoms with Crippen LogP contribution in [0.15, 0.2) is 22.8 Å². The first kappa shape index (κ1) is 17.7. The summed E-state index contributed by atoms with van der Waals surface area (Å²) in [6.07, 6.45) is 1.39. The lowest BCUT2D eigenvalue weighted by Crippen LogP contribution is -2.48. The van der Waals surface area contributed by atoms with Gasteiger partial charge in [0.1, 0.15) is 6.04 Å². The largest absolute Gasteiger partial charge is 0.459 e. The van der Waals surface area contributed by atoms with Gasteiger partial charge in [-0.1, -0.05) is 0 Å². The number of hydrogen-bond acceptors (Lipinski definition) is 4. The van der Waals surface area contributed by atoms with E-state index in [0.29, 0.717) is 13.1 Å². The second-order valence-electron chi connectivity index (χ2n) is 4.93. The Morgan fingerprint density at radius 1 is 1.27 bits per heavy atom. The summed E-state index contributed by atoms with van der Waals surface area (Å²) in [6.45, 7) is 6.53. The number of carbonyl (C=O) groups is 3. The van der Waals surface area contributed by atoms with Crippen molar-refractivity contribution < 1.29 is 18.8 Å². The van der Waals surface area contributed by atoms with E-state index in [0.717, 1.165) is 0 Å². The SMILES string of the molecule is CCN(CC)C(=O)CN(C)C(=O)C(C)NC(=O)c1ccco1. The van der Waals surface area contributed by atoms with E-state index < -0.39 is 11.9 Å². The molecule has 7 heteroatoms. The molecule has 0 spiro atoms. The van der Waals surface area contributed by atoms with E-state index in [1.54, 1.807) is 24.9 Å². The lowest BCUT2D eigenvalue weighted by molar-refractivity contribution is -0.140. The van der Waals surface area contributed by atoms with Crippen molar-refractivity contribution in [1.82, 2.24) is 15.1 Å². The topological polar surface area (TPSA) is 82.9 Å². The normalized spacial score (nSPS) is 11.6. The van der Waals surface area contributed by atoms with Gasteiger partial charge in [0.25, 0.3) is 5.91 Å². The van der Waals surface area contributed by atoms with E-state index in [4.69, 9.17) is 4.42 Å². The molecule has 1 unspecified atom stereocenters. The maximum atomic E-state index is 12.2. The second kappa shape index (κ2) is 8.21. The Morgan fingerprint density at radius 3 is 2.41 bits per heavy atom. The van der Waals surface area contributed by atoms with E-state index in [-0.39, 0.29) is 24.1 Å². The molecule has 0 saturated carbocycles. The molecule has 0 aliphatic carbocycles. The van der Waals surface area contributed by atoms with Crippen molar-refractivity contribution in [3.8, 4) is 0 Å². The molecule has 122 valence electrons. The molecule has 1 rings (SSSR count). The van der Waals surface area contributed by atoms with Crippen LogP contribution in [0.2, 0.25) is 0 Å². The zero-order valence-electron chi connectivity index (χ0n) is 13.5. The summed E-state index contributed by atoms with van der Waals surface area (Å²) in [5, 5.41) is 2.54. The van der Waals surface area contributed by atoms with Gasteiger partial charge in [-0.05, 0) is 32.9 Å². The predicted octanol–water partition coefficient (Wildman–Crippen LogP) is 0.725. The Kier molecular flexibility index (Phi) is 6.62. The van der Waals surface area contributed by atoms with Gasteiger partial charge in [0.05, 0.1) is 12.8 Å². The van der Waals surface area contributed by atoms with Crippen LogP contribution in [0.5, 0.6) is 0 Å². The molecule has 0 aromatic carbocycles. The zero-order valence-corrected chi connectivity index (χ0v) is 13.5. The fraction of sp³-hybridized carbons (Fsp3) is 0.533. The number of nitrogens with one attached hydrogen (secondary N) is 1. The minimum absolute atomic E-state index is 0.0124. The Morgan fingerprint density at radius 2 is 1.91 bits per heavy atom. The summed E-state index contributed by atoms with van der Waals surface area (Å²) in [6, 6.07) is 2.36. The van der Waals surface area contributed by atoms with Gasteiger partial charge in [0, 0.05) is 20.1 Å². The van der Waals surface area contributed by atoms with Gasteiger partial charge in [0.2, 0.25) is 11.8 Å². The molecule has 1 atom stereocenters. The van der Waals surface area contributed by atoms with E-state index in [1.807, 2.05) is 13.8 Å². The van der Waals surface area contributed by atoms with Gasteiger partial charge in [-0.25, -0.2) is 0 Å². The maximum Gasteiger partial charge on any atom is 0.287 e. The van der Waals surface area contributed by atoms with Crippen LogP contribution in [0.25, 0.3) is 0 Å². The van der Waals surface area contributed by atoms with E-state index in [9.17, 15) is 14.4 Å². The standard InChI is InChI=1S/C15H23N3O4/c1-5-18(6-2)13(19)10-17(4)15(21)11(3)16-14(20)12-8-7-9-22-12/h7-9,11H,5-6,10H2,1-4H3,(H,16,20). The summed E-state index contributed by atoms with van der Waals surface area (Å²) in [5.74, 6) is -0.776. The van der Waals surface area contributed by atoms with Crippen molar-refractivity contribution >= 4 is 17.7 Å². The highest BCUT2D eigenvalue weighted by Crippen LogP contribution is 2.02. The molecule has 7 nitrogen and oxygen atoms in total. The van der Waals surface area contributed by atoms with Crippen molar-refractivity contribution in [1.29, 1.82) is 0 Å². The van der Waals surface area contributed by atoms with Crippen LogP contribution in [0.1, 0.15) is 31.3 Å². The molecule has 0 saturated heterocycles. The van der Waals surface area contributed by atoms with Crippen molar-refractivity contribution in [2.24, 2.45) is 0 Å². The monoisotopic (exact) mass is 309 g/mol. The number of rotatable bonds is 7. The Bertz CT molecular complexity index is 509. The second-order valence-corrected chi connectivity index (χ2v) is 4.93. The van der Waals surface area contributed by atoms with Crippen LogP contribution in [-0.4, -0.2) is 60.2 Å². The minimum Gasteiger partial charge on any atom is -0.459 e. The Balaban J connectivity index is 2.55. The predicted molar refractivity (Wildman–Crippen MR) is 81.2 cm³/mol. The summed E-state index contributed by atoms with van der Waals surface area (Å²) < 4.78 is 4.96. The summed E-state index contributed by atoms with van der Waals surface area (Å²) in [5.41, 5.74) is 0. The number of carbonyl (C=O) groups excluding carboxylic acids is 3. The molecule has 1 N–H and O–H groups in total. The third-order valence-corrected chi connectivity index (χ3v) is 3.33. The summed E-state index contributed by atoms with van der Waals surface area (Å²) >= 11 is 0. The molecular weight excluding hydrogens is 286 g/mol. The molecular formula is C15H23N3O4. The van der Waals surface area contributed by atoms with Crippen LogP contribution < -0.4 is 5.32 Å². The fourth-order valence-corrected chi connectivity index (χ4v) is 2.02. The molecule has 1 heterocycles. The average Bonchev–Trinajstić information content (AvgIpc) is 3.01. The van der Waals surface area contributed by atoms with Gasteiger partial charge in [0.15, 0.2) is 5.76 Å². The van der Waals surface area contributed by atoms with E-state index >= 15 is 0 Å². The average molecular weight is 309 g/mol. The highest BCUT2D eigenvalue weighted by Gasteiger charge is 2.23. The van der Waals surface area contributed by atoms with E-state index in [2.05, 4.69) is 5.32 Å². The van der Waals surface area contributed by atoms with Crippen molar-refractivity contribution in [2.45, 2.75) is 26.8 Å². The van der Waals surface area contributed by atoms with Gasteiger partial charge < -0.3 is 19.5 Å². The molecule has 0 aliphatic rings. The zero-order chi connectivity index (χ0) is 16.7. The Labute approximate surface area is 130 Å². The fourth-order valence-electron chi connectivity index (χ4n) is 2.02. The van der Waals surface area contributed by atoms with Gasteiger partial charge in [-0.3, -0.25) is 14.4 Å². The molecule has 0 radical (unpaired) electrons. The minimum atomic E-state index is -0.743. The number of furan rings is 1. The first-order chi connectivity index (χ1) is 10.4. The maximum absolute atomic E-state index is 12.2. The van der Waals surface area contributed by atoms with Crippen LogP contribution in [0.3, 0.4) is 0 Å². The van der Waals surface area contributed by atoms with Gasteiger partial charge in [-0.15, -0.1) is 0 Å².